The second-order valence-corrected chi connectivity index (χ2v) is 4.95. The minimum absolute atomic E-state index is 0.0638. The molecule has 0 aromatic heterocycles. The van der Waals surface area contributed by atoms with Crippen molar-refractivity contribution in [3.05, 3.63) is 59.2 Å². The Hall–Kier alpha value is -3.03. The fourth-order valence-corrected chi connectivity index (χ4v) is 2.05. The third kappa shape index (κ3) is 4.28. The van der Waals surface area contributed by atoms with Crippen LogP contribution in [0.1, 0.15) is 33.2 Å². The Morgan fingerprint density at radius 1 is 1.12 bits per heavy atom. The average molecular weight is 353 g/mol. The lowest BCUT2D eigenvalue weighted by molar-refractivity contribution is -0.137. The smallest absolute Gasteiger partial charge is 0.416 e. The maximum atomic E-state index is 12.5. The van der Waals surface area contributed by atoms with Crippen molar-refractivity contribution in [2.24, 2.45) is 0 Å². The molecule has 5 nitrogen and oxygen atoms in total. The van der Waals surface area contributed by atoms with Crippen molar-refractivity contribution in [1.82, 2.24) is 0 Å². The molecule has 2 aromatic rings. The lowest BCUT2D eigenvalue weighted by atomic mass is 10.1. The van der Waals surface area contributed by atoms with Gasteiger partial charge >= 0.3 is 12.1 Å². The highest BCUT2D eigenvalue weighted by Gasteiger charge is 2.30. The van der Waals surface area contributed by atoms with E-state index in [1.54, 1.807) is 6.92 Å². The number of hydrogen-bond acceptors (Lipinski definition) is 4. The third-order valence-corrected chi connectivity index (χ3v) is 3.25. The highest BCUT2D eigenvalue weighted by atomic mass is 19.4. The predicted molar refractivity (Wildman–Crippen MR) is 83.5 cm³/mol. The molecular formula is C17H14F3NO4. The van der Waals surface area contributed by atoms with Gasteiger partial charge in [0.05, 0.1) is 23.4 Å². The van der Waals surface area contributed by atoms with Crippen LogP contribution >= 0.6 is 0 Å². The molecule has 1 amide bonds. The molecule has 132 valence electrons. The van der Waals surface area contributed by atoms with Gasteiger partial charge in [0.15, 0.2) is 0 Å². The van der Waals surface area contributed by atoms with Crippen molar-refractivity contribution in [2.75, 3.05) is 11.9 Å². The first-order valence-electron chi connectivity index (χ1n) is 7.21. The molecule has 2 rings (SSSR count). The van der Waals surface area contributed by atoms with Gasteiger partial charge < -0.3 is 15.2 Å². The van der Waals surface area contributed by atoms with Crippen molar-refractivity contribution >= 4 is 17.6 Å². The first kappa shape index (κ1) is 18.3. The highest BCUT2D eigenvalue weighted by Crippen LogP contribution is 2.30. The Balaban J connectivity index is 2.27. The van der Waals surface area contributed by atoms with Gasteiger partial charge in [-0.15, -0.1) is 0 Å². The van der Waals surface area contributed by atoms with Crippen LogP contribution < -0.4 is 5.32 Å². The standard InChI is InChI=1S/C17H14F3NO4/c1-2-25-16(24)12-4-3-5-13(22)14(12)21-15(23)10-6-8-11(9-7-10)17(18,19)20/h3-9,22H,2H2,1H3,(H,21,23). The molecule has 0 fully saturated rings. The van der Waals surface area contributed by atoms with Crippen molar-refractivity contribution in [1.29, 1.82) is 0 Å². The third-order valence-electron chi connectivity index (χ3n) is 3.25. The molecular weight excluding hydrogens is 339 g/mol. The van der Waals surface area contributed by atoms with E-state index in [-0.39, 0.29) is 29.2 Å². The van der Waals surface area contributed by atoms with Gasteiger partial charge in [-0.05, 0) is 43.3 Å². The molecule has 2 aromatic carbocycles. The second kappa shape index (κ2) is 7.25. The summed E-state index contributed by atoms with van der Waals surface area (Å²) in [6, 6.07) is 7.54. The average Bonchev–Trinajstić information content (AvgIpc) is 2.56. The summed E-state index contributed by atoms with van der Waals surface area (Å²) < 4.78 is 42.5. The number of aromatic hydroxyl groups is 1. The molecule has 0 atom stereocenters. The number of para-hydroxylation sites is 1. The van der Waals surface area contributed by atoms with Crippen molar-refractivity contribution in [3.8, 4) is 5.75 Å². The maximum absolute atomic E-state index is 12.5. The number of carbonyl (C=O) groups excluding carboxylic acids is 2. The summed E-state index contributed by atoms with van der Waals surface area (Å²) in [5.41, 5.74) is -1.20. The molecule has 0 saturated heterocycles. The SMILES string of the molecule is CCOC(=O)c1cccc(O)c1NC(=O)c1ccc(C(F)(F)F)cc1. The second-order valence-electron chi connectivity index (χ2n) is 4.95. The first-order valence-corrected chi connectivity index (χ1v) is 7.21. The maximum Gasteiger partial charge on any atom is 0.416 e. The zero-order valence-corrected chi connectivity index (χ0v) is 13.1. The zero-order chi connectivity index (χ0) is 18.6. The quantitative estimate of drug-likeness (QED) is 0.647. The number of rotatable bonds is 4. The Kier molecular flexibility index (Phi) is 5.31. The van der Waals surface area contributed by atoms with E-state index < -0.39 is 23.6 Å². The Morgan fingerprint density at radius 3 is 2.32 bits per heavy atom. The van der Waals surface area contributed by atoms with Gasteiger partial charge in [-0.1, -0.05) is 6.07 Å². The Labute approximate surface area is 141 Å². The number of phenolic OH excluding ortho intramolecular Hbond substituents is 1. The summed E-state index contributed by atoms with van der Waals surface area (Å²) in [6.45, 7) is 1.70. The van der Waals surface area contributed by atoms with Gasteiger partial charge in [0.25, 0.3) is 5.91 Å². The zero-order valence-electron chi connectivity index (χ0n) is 13.1. The van der Waals surface area contributed by atoms with Gasteiger partial charge in [-0.25, -0.2) is 4.79 Å². The molecule has 0 bridgehead atoms. The van der Waals surface area contributed by atoms with E-state index in [4.69, 9.17) is 4.74 Å². The molecule has 25 heavy (non-hydrogen) atoms. The van der Waals surface area contributed by atoms with E-state index >= 15 is 0 Å². The van der Waals surface area contributed by atoms with Crippen LogP contribution in [0.5, 0.6) is 5.75 Å². The molecule has 0 aliphatic rings. The molecule has 8 heteroatoms. The molecule has 0 heterocycles. The summed E-state index contributed by atoms with van der Waals surface area (Å²) in [5, 5.41) is 12.2. The van der Waals surface area contributed by atoms with E-state index in [0.717, 1.165) is 24.3 Å². The van der Waals surface area contributed by atoms with Crippen LogP contribution in [-0.4, -0.2) is 23.6 Å². The van der Waals surface area contributed by atoms with Crippen LogP contribution in [0, 0.1) is 0 Å². The summed E-state index contributed by atoms with van der Waals surface area (Å²) in [6.07, 6.45) is -4.51. The largest absolute Gasteiger partial charge is 0.506 e. The van der Waals surface area contributed by atoms with Gasteiger partial charge in [-0.2, -0.15) is 13.2 Å². The lowest BCUT2D eigenvalue weighted by Gasteiger charge is -2.12. The van der Waals surface area contributed by atoms with E-state index in [2.05, 4.69) is 5.32 Å². The molecule has 0 aliphatic carbocycles. The van der Waals surface area contributed by atoms with Crippen LogP contribution in [0.15, 0.2) is 42.5 Å². The summed E-state index contributed by atoms with van der Waals surface area (Å²) in [5.74, 6) is -1.90. The Morgan fingerprint density at radius 2 is 1.76 bits per heavy atom. The fraction of sp³-hybridized carbons (Fsp3) is 0.176. The number of hydrogen-bond donors (Lipinski definition) is 2. The number of anilines is 1. The number of phenols is 1. The minimum Gasteiger partial charge on any atom is -0.506 e. The first-order chi connectivity index (χ1) is 11.7. The normalized spacial score (nSPS) is 11.0. The fourth-order valence-electron chi connectivity index (χ4n) is 2.05. The number of carbonyl (C=O) groups is 2. The van der Waals surface area contributed by atoms with E-state index in [1.807, 2.05) is 0 Å². The topological polar surface area (TPSA) is 75.6 Å². The van der Waals surface area contributed by atoms with Crippen LogP contribution in [0.25, 0.3) is 0 Å². The van der Waals surface area contributed by atoms with Crippen LogP contribution in [-0.2, 0) is 10.9 Å². The molecule has 2 N–H and O–H groups in total. The molecule has 0 radical (unpaired) electrons. The summed E-state index contributed by atoms with van der Waals surface area (Å²) >= 11 is 0. The molecule has 0 spiro atoms. The van der Waals surface area contributed by atoms with Gasteiger partial charge in [0, 0.05) is 5.56 Å². The summed E-state index contributed by atoms with van der Waals surface area (Å²) in [7, 11) is 0. The predicted octanol–water partition coefficient (Wildman–Crippen LogP) is 3.84. The Bertz CT molecular complexity index is 785. The van der Waals surface area contributed by atoms with E-state index in [9.17, 15) is 27.9 Å². The van der Waals surface area contributed by atoms with E-state index in [0.29, 0.717) is 0 Å². The van der Waals surface area contributed by atoms with Gasteiger partial charge in [-0.3, -0.25) is 4.79 Å². The number of nitrogens with one attached hydrogen (secondary N) is 1. The number of esters is 1. The monoisotopic (exact) mass is 353 g/mol. The lowest BCUT2D eigenvalue weighted by Crippen LogP contribution is -2.16. The molecule has 0 unspecified atom stereocenters. The molecule has 0 aliphatic heterocycles. The van der Waals surface area contributed by atoms with Crippen LogP contribution in [0.3, 0.4) is 0 Å². The van der Waals surface area contributed by atoms with Crippen molar-refractivity contribution in [3.63, 3.8) is 0 Å². The number of ether oxygens (including phenoxy) is 1. The van der Waals surface area contributed by atoms with Gasteiger partial charge in [0.2, 0.25) is 0 Å². The van der Waals surface area contributed by atoms with Crippen LogP contribution in [0.2, 0.25) is 0 Å². The number of alkyl halides is 3. The van der Waals surface area contributed by atoms with Crippen LogP contribution in [0.4, 0.5) is 18.9 Å². The minimum atomic E-state index is -4.51. The molecule has 0 saturated carbocycles. The van der Waals surface area contributed by atoms with Crippen molar-refractivity contribution < 1.29 is 32.6 Å². The number of halogens is 3. The number of benzene rings is 2. The summed E-state index contributed by atoms with van der Waals surface area (Å²) in [4.78, 5) is 24.1. The van der Waals surface area contributed by atoms with E-state index in [1.165, 1.54) is 18.2 Å². The van der Waals surface area contributed by atoms with Gasteiger partial charge in [0.1, 0.15) is 5.75 Å². The van der Waals surface area contributed by atoms with Crippen molar-refractivity contribution in [2.45, 2.75) is 13.1 Å². The number of amides is 1. The highest BCUT2D eigenvalue weighted by molar-refractivity contribution is 6.09.